The van der Waals surface area contributed by atoms with Crippen molar-refractivity contribution in [2.75, 3.05) is 16.8 Å². The highest BCUT2D eigenvalue weighted by Crippen LogP contribution is 2.28. The van der Waals surface area contributed by atoms with Gasteiger partial charge in [0.15, 0.2) is 0 Å². The highest BCUT2D eigenvalue weighted by molar-refractivity contribution is 6.52. The molecule has 9 nitrogen and oxygen atoms in total. The summed E-state index contributed by atoms with van der Waals surface area (Å²) in [6.07, 6.45) is -0.0712. The molecule has 4 rings (SSSR count). The molecule has 1 aliphatic rings. The number of benzene rings is 2. The van der Waals surface area contributed by atoms with Crippen molar-refractivity contribution in [2.45, 2.75) is 26.8 Å². The molecule has 0 aliphatic carbocycles. The summed E-state index contributed by atoms with van der Waals surface area (Å²) in [4.78, 5) is 49.1. The van der Waals surface area contributed by atoms with Gasteiger partial charge in [0.25, 0.3) is 11.7 Å². The van der Waals surface area contributed by atoms with E-state index in [9.17, 15) is 19.2 Å². The summed E-state index contributed by atoms with van der Waals surface area (Å²) in [6, 6.07) is 13.7. The second-order valence-electron chi connectivity index (χ2n) is 7.86. The van der Waals surface area contributed by atoms with Crippen LogP contribution >= 0.6 is 0 Å². The number of ketones is 1. The van der Waals surface area contributed by atoms with Gasteiger partial charge in [-0.2, -0.15) is 5.10 Å². The maximum Gasteiger partial charge on any atom is 0.307 e. The van der Waals surface area contributed by atoms with E-state index < -0.39 is 23.6 Å². The van der Waals surface area contributed by atoms with Crippen molar-refractivity contribution in [3.8, 4) is 0 Å². The molecule has 0 spiro atoms. The number of aromatic nitrogens is 2. The summed E-state index contributed by atoms with van der Waals surface area (Å²) in [5, 5.41) is 16.3. The third-order valence-electron chi connectivity index (χ3n) is 5.61. The summed E-state index contributed by atoms with van der Waals surface area (Å²) in [5.41, 5.74) is 4.42. The topological polar surface area (TPSA) is 122 Å². The average Bonchev–Trinajstić information content (AvgIpc) is 3.17. The van der Waals surface area contributed by atoms with Gasteiger partial charge in [-0.25, -0.2) is 0 Å². The van der Waals surface area contributed by atoms with Gasteiger partial charge in [-0.15, -0.1) is 0 Å². The van der Waals surface area contributed by atoms with Crippen LogP contribution in [-0.4, -0.2) is 45.0 Å². The van der Waals surface area contributed by atoms with Gasteiger partial charge in [-0.1, -0.05) is 24.3 Å². The first kappa shape index (κ1) is 21.9. The van der Waals surface area contributed by atoms with Crippen LogP contribution in [0.4, 0.5) is 11.4 Å². The largest absolute Gasteiger partial charge is 0.481 e. The van der Waals surface area contributed by atoms with Crippen LogP contribution in [0.5, 0.6) is 0 Å². The molecule has 168 valence electrons. The smallest absolute Gasteiger partial charge is 0.307 e. The molecule has 2 amide bonds. The van der Waals surface area contributed by atoms with Gasteiger partial charge in [0.2, 0.25) is 5.91 Å². The van der Waals surface area contributed by atoms with E-state index in [1.165, 1.54) is 4.90 Å². The Labute approximate surface area is 189 Å². The molecule has 33 heavy (non-hydrogen) atoms. The molecule has 1 aliphatic heterocycles. The Balaban J connectivity index is 1.40. The van der Waals surface area contributed by atoms with Crippen LogP contribution in [0.25, 0.3) is 0 Å². The average molecular weight is 446 g/mol. The fourth-order valence-electron chi connectivity index (χ4n) is 3.91. The van der Waals surface area contributed by atoms with E-state index in [0.717, 1.165) is 11.3 Å². The Morgan fingerprint density at radius 3 is 2.42 bits per heavy atom. The summed E-state index contributed by atoms with van der Waals surface area (Å²) < 4.78 is 1.76. The first-order chi connectivity index (χ1) is 15.7. The normalized spacial score (nSPS) is 12.7. The van der Waals surface area contributed by atoms with Crippen molar-refractivity contribution < 1.29 is 24.3 Å². The molecular weight excluding hydrogens is 424 g/mol. The zero-order valence-electron chi connectivity index (χ0n) is 18.2. The molecule has 0 saturated carbocycles. The van der Waals surface area contributed by atoms with Gasteiger partial charge >= 0.3 is 5.97 Å². The van der Waals surface area contributed by atoms with Gasteiger partial charge in [0.05, 0.1) is 29.9 Å². The number of amides is 2. The van der Waals surface area contributed by atoms with Gasteiger partial charge in [0, 0.05) is 16.9 Å². The van der Waals surface area contributed by atoms with Gasteiger partial charge < -0.3 is 10.4 Å². The van der Waals surface area contributed by atoms with E-state index in [1.807, 2.05) is 19.1 Å². The van der Waals surface area contributed by atoms with Crippen molar-refractivity contribution in [3.05, 3.63) is 76.6 Å². The molecule has 2 aromatic carbocycles. The van der Waals surface area contributed by atoms with Crippen LogP contribution < -0.4 is 10.2 Å². The van der Waals surface area contributed by atoms with Gasteiger partial charge in [0.1, 0.15) is 6.54 Å². The number of carbonyl (C=O) groups excluding carboxylic acids is 3. The van der Waals surface area contributed by atoms with E-state index in [0.29, 0.717) is 34.7 Å². The Kier molecular flexibility index (Phi) is 5.78. The molecule has 0 radical (unpaired) electrons. The minimum absolute atomic E-state index is 0.0712. The van der Waals surface area contributed by atoms with E-state index in [-0.39, 0.29) is 13.0 Å². The number of fused-ring (bicyclic) bond motifs is 1. The number of Topliss-reactive ketones (excluding diaryl/α,β-unsaturated/α-hetero) is 1. The van der Waals surface area contributed by atoms with E-state index in [4.69, 9.17) is 5.11 Å². The first-order valence-corrected chi connectivity index (χ1v) is 10.3. The number of nitrogens with one attached hydrogen (secondary N) is 1. The lowest BCUT2D eigenvalue weighted by Gasteiger charge is -2.16. The Morgan fingerprint density at radius 2 is 1.73 bits per heavy atom. The maximum atomic E-state index is 12.5. The quantitative estimate of drug-likeness (QED) is 0.538. The predicted molar refractivity (Wildman–Crippen MR) is 120 cm³/mol. The van der Waals surface area contributed by atoms with Gasteiger partial charge in [-0.3, -0.25) is 28.8 Å². The molecule has 2 heterocycles. The lowest BCUT2D eigenvalue weighted by molar-refractivity contribution is -0.136. The fraction of sp³-hybridized carbons (Fsp3) is 0.208. The maximum absolute atomic E-state index is 12.5. The molecule has 0 saturated heterocycles. The standard InChI is InChI=1S/C24H22N4O5/c1-14-19(11-22(30)31)15(2)28(26-14)12-16-7-9-17(10-8-16)25-21(29)13-27-20-6-4-3-5-18(20)23(32)24(27)33/h3-10H,11-13H2,1-2H3,(H,25,29)(H,30,31). The minimum Gasteiger partial charge on any atom is -0.481 e. The third kappa shape index (κ3) is 4.38. The number of anilines is 2. The number of aryl methyl sites for hydroxylation is 1. The van der Waals surface area contributed by atoms with E-state index in [1.54, 1.807) is 48.0 Å². The lowest BCUT2D eigenvalue weighted by Crippen LogP contribution is -2.37. The van der Waals surface area contributed by atoms with Crippen LogP contribution in [0.1, 0.15) is 32.9 Å². The highest BCUT2D eigenvalue weighted by atomic mass is 16.4. The second-order valence-corrected chi connectivity index (χ2v) is 7.86. The second kappa shape index (κ2) is 8.70. The number of carboxylic acids is 1. The number of rotatable bonds is 7. The summed E-state index contributed by atoms with van der Waals surface area (Å²) >= 11 is 0. The monoisotopic (exact) mass is 446 g/mol. The Morgan fingerprint density at radius 1 is 1.03 bits per heavy atom. The predicted octanol–water partition coefficient (Wildman–Crippen LogP) is 2.34. The number of hydrogen-bond acceptors (Lipinski definition) is 5. The minimum atomic E-state index is -0.899. The van der Waals surface area contributed by atoms with E-state index >= 15 is 0 Å². The zero-order chi connectivity index (χ0) is 23.7. The van der Waals surface area contributed by atoms with Crippen LogP contribution in [-0.2, 0) is 27.3 Å². The summed E-state index contributed by atoms with van der Waals surface area (Å²) in [6.45, 7) is 3.83. The fourth-order valence-corrected chi connectivity index (χ4v) is 3.91. The lowest BCUT2D eigenvalue weighted by atomic mass is 10.1. The molecule has 0 atom stereocenters. The molecule has 1 aromatic heterocycles. The molecule has 2 N–H and O–H groups in total. The van der Waals surface area contributed by atoms with Crippen LogP contribution in [0, 0.1) is 13.8 Å². The molecule has 0 bridgehead atoms. The summed E-state index contributed by atoms with van der Waals surface area (Å²) in [5.74, 6) is -2.64. The van der Waals surface area contributed by atoms with Crippen LogP contribution in [0.3, 0.4) is 0 Å². The Bertz CT molecular complexity index is 1280. The highest BCUT2D eigenvalue weighted by Gasteiger charge is 2.36. The van der Waals surface area contributed by atoms with Crippen molar-refractivity contribution >= 4 is 34.9 Å². The van der Waals surface area contributed by atoms with Crippen LogP contribution in [0.15, 0.2) is 48.5 Å². The van der Waals surface area contributed by atoms with Crippen molar-refractivity contribution in [3.63, 3.8) is 0 Å². The number of carboxylic acid groups (broad SMARTS) is 1. The molecule has 9 heteroatoms. The van der Waals surface area contributed by atoms with Crippen molar-refractivity contribution in [2.24, 2.45) is 0 Å². The SMILES string of the molecule is Cc1nn(Cc2ccc(NC(=O)CN3C(=O)C(=O)c4ccccc43)cc2)c(C)c1CC(=O)O. The number of carbonyl (C=O) groups is 4. The van der Waals surface area contributed by atoms with Crippen molar-refractivity contribution in [1.82, 2.24) is 9.78 Å². The molecule has 3 aromatic rings. The van der Waals surface area contributed by atoms with Gasteiger partial charge in [-0.05, 0) is 43.7 Å². The molecule has 0 fully saturated rings. The first-order valence-electron chi connectivity index (χ1n) is 10.3. The number of aliphatic carboxylic acids is 1. The Hall–Kier alpha value is -4.27. The van der Waals surface area contributed by atoms with E-state index in [2.05, 4.69) is 10.4 Å². The third-order valence-corrected chi connectivity index (χ3v) is 5.61. The zero-order valence-corrected chi connectivity index (χ0v) is 18.2. The number of hydrogen-bond donors (Lipinski definition) is 2. The number of para-hydroxylation sites is 1. The van der Waals surface area contributed by atoms with Crippen LogP contribution in [0.2, 0.25) is 0 Å². The molecular formula is C24H22N4O5. The number of nitrogens with zero attached hydrogens (tertiary/aromatic N) is 3. The molecule has 0 unspecified atom stereocenters. The van der Waals surface area contributed by atoms with Crippen molar-refractivity contribution in [1.29, 1.82) is 0 Å². The summed E-state index contributed by atoms with van der Waals surface area (Å²) in [7, 11) is 0.